The zero-order valence-electron chi connectivity index (χ0n) is 43.8. The quantitative estimate of drug-likeness (QED) is 0.0357. The fourth-order valence-corrected chi connectivity index (χ4v) is 9.59. The highest BCUT2D eigenvalue weighted by Gasteiger charge is 2.24. The summed E-state index contributed by atoms with van der Waals surface area (Å²) in [5, 5.41) is 14.0. The van der Waals surface area contributed by atoms with Crippen molar-refractivity contribution in [2.75, 3.05) is 40.9 Å². The molecule has 3 atom stereocenters. The monoisotopic (exact) mass is 929 g/mol. The molecular weight excluding hydrogens is 816 g/mol. The third kappa shape index (κ3) is 49.4. The molecule has 0 rings (SSSR count). The average molecular weight is 929 g/mol. The molecule has 0 aliphatic heterocycles. The number of phosphoric acid groups is 1. The summed E-state index contributed by atoms with van der Waals surface area (Å²) in [6, 6.07) is -0.794. The van der Waals surface area contributed by atoms with Gasteiger partial charge in [-0.3, -0.25) is 9.36 Å². The minimum Gasteiger partial charge on any atom is -0.756 e. The molecule has 0 aromatic heterocycles. The Bertz CT molecular complexity index is 1010. The number of carbonyl (C=O) groups is 1. The molecule has 0 aromatic rings. The van der Waals surface area contributed by atoms with Crippen molar-refractivity contribution in [1.82, 2.24) is 5.32 Å². The number of aliphatic hydroxyl groups is 1. The second-order valence-electron chi connectivity index (χ2n) is 21.0. The molecule has 0 aliphatic rings. The van der Waals surface area contributed by atoms with Crippen LogP contribution in [0.2, 0.25) is 0 Å². The van der Waals surface area contributed by atoms with Crippen LogP contribution < -0.4 is 10.2 Å². The first-order valence-electron chi connectivity index (χ1n) is 28.4. The summed E-state index contributed by atoms with van der Waals surface area (Å²) in [6.07, 6.45) is 55.7. The van der Waals surface area contributed by atoms with E-state index in [1.54, 1.807) is 0 Å². The van der Waals surface area contributed by atoms with Gasteiger partial charge in [-0.25, -0.2) is 0 Å². The van der Waals surface area contributed by atoms with Gasteiger partial charge in [0, 0.05) is 6.42 Å². The molecule has 0 bridgehead atoms. The van der Waals surface area contributed by atoms with Crippen molar-refractivity contribution in [1.29, 1.82) is 0 Å². The van der Waals surface area contributed by atoms with Crippen molar-refractivity contribution in [3.8, 4) is 0 Å². The summed E-state index contributed by atoms with van der Waals surface area (Å²) in [5.74, 6) is -0.159. The van der Waals surface area contributed by atoms with Gasteiger partial charge in [0.05, 0.1) is 39.9 Å². The summed E-state index contributed by atoms with van der Waals surface area (Å²) in [7, 11) is 1.32. The molecule has 0 aromatic carbocycles. The van der Waals surface area contributed by atoms with E-state index in [0.717, 1.165) is 38.5 Å². The van der Waals surface area contributed by atoms with Crippen LogP contribution in [0, 0.1) is 0 Å². The van der Waals surface area contributed by atoms with Gasteiger partial charge in [0.15, 0.2) is 0 Å². The second kappa shape index (κ2) is 47.6. The molecule has 0 heterocycles. The molecular formula is C55H113N2O6P. The van der Waals surface area contributed by atoms with Crippen LogP contribution in [0.1, 0.15) is 296 Å². The highest BCUT2D eigenvalue weighted by atomic mass is 31.2. The molecule has 0 saturated carbocycles. The predicted molar refractivity (Wildman–Crippen MR) is 275 cm³/mol. The Morgan fingerprint density at radius 1 is 0.484 bits per heavy atom. The van der Waals surface area contributed by atoms with Crippen LogP contribution in [0.3, 0.4) is 0 Å². The first-order valence-corrected chi connectivity index (χ1v) is 29.8. The highest BCUT2D eigenvalue weighted by Crippen LogP contribution is 2.38. The number of rotatable bonds is 53. The van der Waals surface area contributed by atoms with Crippen LogP contribution in [0.15, 0.2) is 0 Å². The van der Waals surface area contributed by atoms with E-state index in [2.05, 4.69) is 19.2 Å². The van der Waals surface area contributed by atoms with Gasteiger partial charge in [-0.05, 0) is 12.8 Å². The maximum atomic E-state index is 12.9. The number of carbonyl (C=O) groups excluding carboxylic acids is 1. The van der Waals surface area contributed by atoms with Crippen LogP contribution in [0.4, 0.5) is 0 Å². The third-order valence-electron chi connectivity index (χ3n) is 13.3. The molecule has 8 nitrogen and oxygen atoms in total. The summed E-state index contributed by atoms with van der Waals surface area (Å²) < 4.78 is 23.4. The van der Waals surface area contributed by atoms with E-state index in [4.69, 9.17) is 9.05 Å². The van der Waals surface area contributed by atoms with Crippen LogP contribution in [-0.2, 0) is 18.4 Å². The lowest BCUT2D eigenvalue weighted by Crippen LogP contribution is -2.46. The van der Waals surface area contributed by atoms with Crippen LogP contribution >= 0.6 is 7.82 Å². The fourth-order valence-electron chi connectivity index (χ4n) is 8.87. The largest absolute Gasteiger partial charge is 0.756 e. The second-order valence-corrected chi connectivity index (χ2v) is 22.4. The topological polar surface area (TPSA) is 108 Å². The molecule has 2 N–H and O–H groups in total. The lowest BCUT2D eigenvalue weighted by molar-refractivity contribution is -0.870. The molecule has 0 spiro atoms. The van der Waals surface area contributed by atoms with Crippen LogP contribution in [-0.4, -0.2) is 68.5 Å². The zero-order chi connectivity index (χ0) is 47.1. The fraction of sp³-hybridized carbons (Fsp3) is 0.982. The molecule has 0 radical (unpaired) electrons. The number of aliphatic hydroxyl groups excluding tert-OH is 1. The normalized spacial score (nSPS) is 13.9. The summed E-state index contributed by atoms with van der Waals surface area (Å²) in [6.45, 7) is 4.77. The summed E-state index contributed by atoms with van der Waals surface area (Å²) in [5.41, 5.74) is 0. The number of unbranched alkanes of at least 4 members (excludes halogenated alkanes) is 40. The van der Waals surface area contributed by atoms with E-state index in [-0.39, 0.29) is 19.1 Å². The number of hydrogen-bond acceptors (Lipinski definition) is 6. The Hall–Kier alpha value is -0.500. The van der Waals surface area contributed by atoms with Gasteiger partial charge < -0.3 is 28.8 Å². The van der Waals surface area contributed by atoms with E-state index in [1.165, 1.54) is 231 Å². The van der Waals surface area contributed by atoms with Crippen molar-refractivity contribution in [2.45, 2.75) is 309 Å². The van der Waals surface area contributed by atoms with Crippen molar-refractivity contribution in [3.05, 3.63) is 0 Å². The number of nitrogens with zero attached hydrogens (tertiary/aromatic N) is 1. The van der Waals surface area contributed by atoms with E-state index >= 15 is 0 Å². The molecule has 1 amide bonds. The molecule has 0 aliphatic carbocycles. The molecule has 0 fully saturated rings. The first kappa shape index (κ1) is 63.5. The minimum atomic E-state index is -4.56. The van der Waals surface area contributed by atoms with Crippen molar-refractivity contribution in [3.63, 3.8) is 0 Å². The Labute approximate surface area is 399 Å². The maximum Gasteiger partial charge on any atom is 0.268 e. The van der Waals surface area contributed by atoms with Crippen molar-refractivity contribution in [2.24, 2.45) is 0 Å². The number of nitrogens with one attached hydrogen (secondary N) is 1. The highest BCUT2D eigenvalue weighted by molar-refractivity contribution is 7.45. The standard InChI is InChI=1S/C55H113N2O6P/c1-6-8-10-12-14-16-18-20-22-23-24-25-26-27-28-29-30-31-32-33-34-35-36-38-40-42-44-46-48-54(58)53(52-63-64(60,61)62-51-50-57(3,4)5)56-55(59)49-47-45-43-41-39-37-21-19-17-15-13-11-9-7-2/h53-54,58H,6-52H2,1-5H3,(H-,56,59,60,61). The molecule has 0 saturated heterocycles. The van der Waals surface area contributed by atoms with Crippen molar-refractivity contribution >= 4 is 13.7 Å². The summed E-state index contributed by atoms with van der Waals surface area (Å²) in [4.78, 5) is 25.4. The van der Waals surface area contributed by atoms with E-state index in [0.29, 0.717) is 23.9 Å². The van der Waals surface area contributed by atoms with Gasteiger partial charge in [0.25, 0.3) is 7.82 Å². The third-order valence-corrected chi connectivity index (χ3v) is 14.3. The Morgan fingerprint density at radius 2 is 0.766 bits per heavy atom. The Kier molecular flexibility index (Phi) is 47.2. The maximum absolute atomic E-state index is 12.9. The Morgan fingerprint density at radius 3 is 1.06 bits per heavy atom. The van der Waals surface area contributed by atoms with Crippen LogP contribution in [0.5, 0.6) is 0 Å². The van der Waals surface area contributed by atoms with Gasteiger partial charge in [-0.15, -0.1) is 0 Å². The predicted octanol–water partition coefficient (Wildman–Crippen LogP) is 16.2. The Balaban J connectivity index is 4.05. The van der Waals surface area contributed by atoms with Gasteiger partial charge in [-0.1, -0.05) is 277 Å². The van der Waals surface area contributed by atoms with Crippen molar-refractivity contribution < 1.29 is 32.9 Å². The van der Waals surface area contributed by atoms with Gasteiger partial charge >= 0.3 is 0 Å². The van der Waals surface area contributed by atoms with Crippen LogP contribution in [0.25, 0.3) is 0 Å². The molecule has 384 valence electrons. The molecule has 3 unspecified atom stereocenters. The van der Waals surface area contributed by atoms with Gasteiger partial charge in [0.1, 0.15) is 13.2 Å². The average Bonchev–Trinajstić information content (AvgIpc) is 3.25. The lowest BCUT2D eigenvalue weighted by Gasteiger charge is -2.30. The van der Waals surface area contributed by atoms with E-state index in [1.807, 2.05) is 21.1 Å². The van der Waals surface area contributed by atoms with E-state index < -0.39 is 20.0 Å². The van der Waals surface area contributed by atoms with Gasteiger partial charge in [0.2, 0.25) is 5.91 Å². The first-order chi connectivity index (χ1) is 31.0. The molecule has 64 heavy (non-hydrogen) atoms. The number of amides is 1. The minimum absolute atomic E-state index is 0.0165. The zero-order valence-corrected chi connectivity index (χ0v) is 44.7. The van der Waals surface area contributed by atoms with E-state index in [9.17, 15) is 19.4 Å². The lowest BCUT2D eigenvalue weighted by atomic mass is 10.0. The SMILES string of the molecule is CCCCCCCCCCCCCCCCCCCCCCCCCCCCCCC(O)C(COP(=O)([O-])OCC[N+](C)(C)C)NC(=O)CCCCCCCCCCCCCCCC. The molecule has 9 heteroatoms. The van der Waals surface area contributed by atoms with Gasteiger partial charge in [-0.2, -0.15) is 0 Å². The smallest absolute Gasteiger partial charge is 0.268 e. The number of quaternary nitrogens is 1. The number of hydrogen-bond donors (Lipinski definition) is 2. The summed E-state index contributed by atoms with van der Waals surface area (Å²) >= 11 is 0. The number of likely N-dealkylation sites (N-methyl/N-ethyl adjacent to an activating group) is 1. The number of phosphoric ester groups is 1.